The first-order valence-electron chi connectivity index (χ1n) is 9.35. The zero-order chi connectivity index (χ0) is 17.9. The van der Waals surface area contributed by atoms with Gasteiger partial charge in [-0.05, 0) is 51.8 Å². The van der Waals surface area contributed by atoms with E-state index < -0.39 is 0 Å². The van der Waals surface area contributed by atoms with Gasteiger partial charge >= 0.3 is 0 Å². The molecule has 0 aromatic heterocycles. The summed E-state index contributed by atoms with van der Waals surface area (Å²) in [4.78, 5) is 0. The Morgan fingerprint density at radius 1 is 0.654 bits per heavy atom. The van der Waals surface area contributed by atoms with E-state index in [0.29, 0.717) is 5.66 Å². The molecule has 128 valence electrons. The zero-order valence-corrected chi connectivity index (χ0v) is 16.4. The largest absolute Gasteiger partial charge is 0.0622 e. The third-order valence-corrected chi connectivity index (χ3v) is 8.66. The minimum absolute atomic E-state index is 0.226. The van der Waals surface area contributed by atoms with Crippen LogP contribution in [0.4, 0.5) is 0 Å². The second-order valence-electron chi connectivity index (χ2n) is 8.26. The summed E-state index contributed by atoms with van der Waals surface area (Å²) in [5, 5.41) is 3.32. The molecule has 1 aliphatic heterocycles. The first-order chi connectivity index (χ1) is 12.6. The van der Waals surface area contributed by atoms with Gasteiger partial charge < -0.3 is 0 Å². The second-order valence-corrected chi connectivity index (χ2v) is 10.4. The fourth-order valence-corrected chi connectivity index (χ4v) is 8.10. The molecule has 0 fully saturated rings. The third-order valence-electron chi connectivity index (χ3n) is 5.47. The number of allylic oxidation sites excluding steroid dienone is 1. The first kappa shape index (κ1) is 16.0. The standard InChI is InChI=1S/C25H23P/c1-25(2,3)24-22(17-11-5-4-6-12-17)26(24)23-20-15-9-7-13-18(20)19-14-8-10-16-21(19)23/h4-16,23H,1-3H3/t26-/m0/s1. The van der Waals surface area contributed by atoms with Gasteiger partial charge in [-0.3, -0.25) is 0 Å². The highest BCUT2D eigenvalue weighted by Crippen LogP contribution is 2.86. The van der Waals surface area contributed by atoms with Crippen molar-refractivity contribution in [1.82, 2.24) is 0 Å². The van der Waals surface area contributed by atoms with Gasteiger partial charge in [-0.25, -0.2) is 0 Å². The van der Waals surface area contributed by atoms with Crippen molar-refractivity contribution in [3.8, 4) is 11.1 Å². The smallest absolute Gasteiger partial charge is 0.0382 e. The van der Waals surface area contributed by atoms with Gasteiger partial charge in [0.1, 0.15) is 0 Å². The highest BCUT2D eigenvalue weighted by atomic mass is 31.1. The molecule has 3 aromatic carbocycles. The predicted molar refractivity (Wildman–Crippen MR) is 113 cm³/mol. The van der Waals surface area contributed by atoms with Gasteiger partial charge in [0.25, 0.3) is 0 Å². The van der Waals surface area contributed by atoms with E-state index in [2.05, 4.69) is 99.6 Å². The number of hydrogen-bond donors (Lipinski definition) is 0. The van der Waals surface area contributed by atoms with Crippen LogP contribution in [0.25, 0.3) is 16.4 Å². The van der Waals surface area contributed by atoms with E-state index >= 15 is 0 Å². The maximum absolute atomic E-state index is 2.38. The van der Waals surface area contributed by atoms with Crippen LogP contribution in [0, 0.1) is 5.41 Å². The summed E-state index contributed by atoms with van der Waals surface area (Å²) in [6, 6.07) is 29.1. The molecular formula is C25H23P. The van der Waals surface area contributed by atoms with Gasteiger partial charge in [0, 0.05) is 5.66 Å². The van der Waals surface area contributed by atoms with Crippen LogP contribution in [-0.4, -0.2) is 0 Å². The predicted octanol–water partition coefficient (Wildman–Crippen LogP) is 7.67. The quantitative estimate of drug-likeness (QED) is 0.414. The third kappa shape index (κ3) is 2.32. The van der Waals surface area contributed by atoms with Crippen molar-refractivity contribution in [2.75, 3.05) is 0 Å². The zero-order valence-electron chi connectivity index (χ0n) is 15.5. The number of rotatable bonds is 2. The Bertz CT molecular complexity index is 976. The van der Waals surface area contributed by atoms with Crippen LogP contribution in [0.1, 0.15) is 43.1 Å². The Hall–Kier alpha value is -2.17. The molecule has 0 saturated carbocycles. The molecule has 5 rings (SSSR count). The Morgan fingerprint density at radius 2 is 1.15 bits per heavy atom. The monoisotopic (exact) mass is 354 g/mol. The van der Waals surface area contributed by atoms with Crippen LogP contribution >= 0.6 is 7.92 Å². The van der Waals surface area contributed by atoms with Gasteiger partial charge in [0.05, 0.1) is 0 Å². The molecule has 0 bridgehead atoms. The summed E-state index contributed by atoms with van der Waals surface area (Å²) >= 11 is 0. The summed E-state index contributed by atoms with van der Waals surface area (Å²) in [7, 11) is -0.283. The number of benzene rings is 3. The molecule has 0 radical (unpaired) electrons. The SMILES string of the molecule is CC(C)(C)C1=C(c2ccccc2)[P@@]1C1c2ccccc2-c2ccccc21. The average Bonchev–Trinajstić information content (AvgIpc) is 3.32. The first-order valence-corrected chi connectivity index (χ1v) is 10.8. The van der Waals surface area contributed by atoms with E-state index in [0.717, 1.165) is 0 Å². The topological polar surface area (TPSA) is 0 Å². The van der Waals surface area contributed by atoms with Gasteiger partial charge in [-0.2, -0.15) is 0 Å². The number of fused-ring (bicyclic) bond motifs is 3. The lowest BCUT2D eigenvalue weighted by atomic mass is 9.95. The minimum atomic E-state index is -0.283. The summed E-state index contributed by atoms with van der Waals surface area (Å²) in [6.07, 6.45) is 0. The molecule has 0 nitrogen and oxygen atoms in total. The molecule has 0 N–H and O–H groups in total. The van der Waals surface area contributed by atoms with Gasteiger partial charge in [0.2, 0.25) is 0 Å². The normalized spacial score (nSPS) is 18.7. The van der Waals surface area contributed by atoms with Crippen molar-refractivity contribution in [3.63, 3.8) is 0 Å². The Morgan fingerprint density at radius 3 is 1.69 bits per heavy atom. The summed E-state index contributed by atoms with van der Waals surface area (Å²) in [5.41, 5.74) is 8.07. The molecule has 0 saturated heterocycles. The van der Waals surface area contributed by atoms with Gasteiger partial charge in [-0.1, -0.05) is 99.6 Å². The molecule has 1 atom stereocenters. The van der Waals surface area contributed by atoms with E-state index in [9.17, 15) is 0 Å². The lowest BCUT2D eigenvalue weighted by Crippen LogP contribution is -2.02. The molecule has 1 heterocycles. The van der Waals surface area contributed by atoms with Crippen molar-refractivity contribution < 1.29 is 0 Å². The van der Waals surface area contributed by atoms with Crippen LogP contribution in [0.3, 0.4) is 0 Å². The van der Waals surface area contributed by atoms with E-state index in [4.69, 9.17) is 0 Å². The molecular weight excluding hydrogens is 331 g/mol. The molecule has 0 spiro atoms. The van der Waals surface area contributed by atoms with Crippen LogP contribution in [-0.2, 0) is 0 Å². The molecule has 1 aliphatic carbocycles. The molecule has 26 heavy (non-hydrogen) atoms. The van der Waals surface area contributed by atoms with E-state index in [1.54, 1.807) is 10.6 Å². The number of hydrogen-bond acceptors (Lipinski definition) is 0. The van der Waals surface area contributed by atoms with Crippen LogP contribution in [0.2, 0.25) is 0 Å². The maximum Gasteiger partial charge on any atom is 0.0382 e. The lowest BCUT2D eigenvalue weighted by molar-refractivity contribution is 0.539. The summed E-state index contributed by atoms with van der Waals surface area (Å²) in [5.74, 6) is 0. The van der Waals surface area contributed by atoms with Crippen molar-refractivity contribution in [2.24, 2.45) is 5.41 Å². The van der Waals surface area contributed by atoms with Crippen molar-refractivity contribution >= 4 is 13.2 Å². The van der Waals surface area contributed by atoms with Crippen LogP contribution in [0.5, 0.6) is 0 Å². The van der Waals surface area contributed by atoms with Crippen LogP contribution < -0.4 is 0 Å². The van der Waals surface area contributed by atoms with Crippen molar-refractivity contribution in [2.45, 2.75) is 26.4 Å². The van der Waals surface area contributed by atoms with E-state index in [1.165, 1.54) is 27.8 Å². The minimum Gasteiger partial charge on any atom is -0.0622 e. The Kier molecular flexibility index (Phi) is 3.49. The molecule has 3 aromatic rings. The fraction of sp³-hybridized carbons (Fsp3) is 0.200. The Labute approximate surface area is 157 Å². The molecule has 0 unspecified atom stereocenters. The van der Waals surface area contributed by atoms with E-state index in [-0.39, 0.29) is 13.3 Å². The van der Waals surface area contributed by atoms with Gasteiger partial charge in [0.15, 0.2) is 0 Å². The molecule has 0 amide bonds. The van der Waals surface area contributed by atoms with Crippen LogP contribution in [0.15, 0.2) is 84.2 Å². The van der Waals surface area contributed by atoms with E-state index in [1.807, 2.05) is 0 Å². The highest BCUT2D eigenvalue weighted by Gasteiger charge is 2.50. The highest BCUT2D eigenvalue weighted by molar-refractivity contribution is 7.82. The molecule has 2 aliphatic rings. The average molecular weight is 354 g/mol. The summed E-state index contributed by atoms with van der Waals surface area (Å²) < 4.78 is 0. The second kappa shape index (κ2) is 5.66. The van der Waals surface area contributed by atoms with Crippen molar-refractivity contribution in [3.05, 3.63) is 101 Å². The Balaban J connectivity index is 1.67. The maximum atomic E-state index is 2.38. The fourth-order valence-electron chi connectivity index (χ4n) is 4.43. The van der Waals surface area contributed by atoms with Gasteiger partial charge in [-0.15, -0.1) is 0 Å². The summed E-state index contributed by atoms with van der Waals surface area (Å²) in [6.45, 7) is 7.13. The lowest BCUT2D eigenvalue weighted by Gasteiger charge is -2.21. The molecule has 1 heteroatoms. The van der Waals surface area contributed by atoms with Crippen molar-refractivity contribution in [1.29, 1.82) is 0 Å².